The van der Waals surface area contributed by atoms with E-state index in [2.05, 4.69) is 25.8 Å². The molecular weight excluding hydrogens is 459 g/mol. The van der Waals surface area contributed by atoms with Crippen molar-refractivity contribution in [3.05, 3.63) is 0 Å². The van der Waals surface area contributed by atoms with Gasteiger partial charge in [0.2, 0.25) is 11.8 Å². The molecule has 27 heavy (non-hydrogen) atoms. The fourth-order valence-corrected chi connectivity index (χ4v) is 2.63. The Bertz CT molecular complexity index is 476. The molecule has 0 bridgehead atoms. The number of nitrogens with zero attached hydrogens (tertiary/aromatic N) is 3. The smallest absolute Gasteiger partial charge is 0.236 e. The Morgan fingerprint density at radius 2 is 1.81 bits per heavy atom. The Balaban J connectivity index is 0.00000676. The molecule has 0 aromatic heterocycles. The summed E-state index contributed by atoms with van der Waals surface area (Å²) in [5.74, 6) is 0.983. The summed E-state index contributed by atoms with van der Waals surface area (Å²) in [6.45, 7) is 9.97. The van der Waals surface area contributed by atoms with Crippen LogP contribution in [0.2, 0.25) is 0 Å². The number of rotatable bonds is 8. The van der Waals surface area contributed by atoms with E-state index >= 15 is 0 Å². The first-order chi connectivity index (χ1) is 12.3. The van der Waals surface area contributed by atoms with Crippen molar-refractivity contribution in [2.24, 2.45) is 10.9 Å². The van der Waals surface area contributed by atoms with Gasteiger partial charge in [0.15, 0.2) is 5.96 Å². The molecule has 1 heterocycles. The lowest BCUT2D eigenvalue weighted by Gasteiger charge is -2.33. The van der Waals surface area contributed by atoms with Crippen LogP contribution in [0, 0.1) is 5.92 Å². The monoisotopic (exact) mass is 496 g/mol. The number of likely N-dealkylation sites (tertiary alicyclic amines) is 1. The lowest BCUT2D eigenvalue weighted by molar-refractivity contribution is -0.130. The van der Waals surface area contributed by atoms with Gasteiger partial charge in [-0.25, -0.2) is 0 Å². The molecule has 2 amide bonds. The van der Waals surface area contributed by atoms with Crippen LogP contribution in [-0.2, 0) is 9.59 Å². The van der Waals surface area contributed by atoms with Crippen LogP contribution < -0.4 is 16.0 Å². The highest BCUT2D eigenvalue weighted by Crippen LogP contribution is 2.10. The Hall–Kier alpha value is -1.10. The molecule has 0 aromatic carbocycles. The minimum Gasteiger partial charge on any atom is -0.357 e. The van der Waals surface area contributed by atoms with Gasteiger partial charge in [0.05, 0.1) is 13.1 Å². The van der Waals surface area contributed by atoms with Gasteiger partial charge in [-0.2, -0.15) is 0 Å². The van der Waals surface area contributed by atoms with Crippen molar-refractivity contribution in [2.75, 3.05) is 53.4 Å². The number of amides is 2. The Morgan fingerprint density at radius 3 is 2.33 bits per heavy atom. The summed E-state index contributed by atoms with van der Waals surface area (Å²) in [5, 5.41) is 9.59. The van der Waals surface area contributed by atoms with E-state index in [0.717, 1.165) is 38.4 Å². The summed E-state index contributed by atoms with van der Waals surface area (Å²) in [6.07, 6.45) is 1.96. The third kappa shape index (κ3) is 10.7. The average molecular weight is 496 g/mol. The molecule has 1 rings (SSSR count). The number of guanidine groups is 1. The van der Waals surface area contributed by atoms with Gasteiger partial charge in [0.25, 0.3) is 0 Å². The van der Waals surface area contributed by atoms with Crippen LogP contribution in [0.4, 0.5) is 0 Å². The second kappa shape index (κ2) is 14.0. The fraction of sp³-hybridized carbons (Fsp3) is 0.833. The molecule has 0 aromatic rings. The standard InChI is InChI=1S/C18H36N6O2.HI/c1-6-19-18(21-10-9-20-17(26)14(2)3)22-15-7-11-24(12-8-15)13-16(25)23(4)5;/h14-15H,6-13H2,1-5H3,(H,20,26)(H2,19,21,22);1H. The summed E-state index contributed by atoms with van der Waals surface area (Å²) in [7, 11) is 3.58. The van der Waals surface area contributed by atoms with Gasteiger partial charge >= 0.3 is 0 Å². The van der Waals surface area contributed by atoms with Crippen LogP contribution in [-0.4, -0.2) is 87.0 Å². The van der Waals surface area contributed by atoms with Crippen LogP contribution in [0.15, 0.2) is 4.99 Å². The van der Waals surface area contributed by atoms with E-state index in [9.17, 15) is 9.59 Å². The third-order valence-corrected chi connectivity index (χ3v) is 4.34. The second-order valence-corrected chi connectivity index (χ2v) is 7.19. The van der Waals surface area contributed by atoms with E-state index < -0.39 is 0 Å². The molecule has 9 heteroatoms. The first-order valence-electron chi connectivity index (χ1n) is 9.58. The molecule has 158 valence electrons. The molecular formula is C18H37IN6O2. The number of likely N-dealkylation sites (N-methyl/N-ethyl adjacent to an activating group) is 1. The number of hydrogen-bond donors (Lipinski definition) is 3. The van der Waals surface area contributed by atoms with Gasteiger partial charge in [0, 0.05) is 52.2 Å². The lowest BCUT2D eigenvalue weighted by Crippen LogP contribution is -2.50. The van der Waals surface area contributed by atoms with E-state index in [4.69, 9.17) is 0 Å². The van der Waals surface area contributed by atoms with Crippen molar-refractivity contribution in [3.63, 3.8) is 0 Å². The molecule has 8 nitrogen and oxygen atoms in total. The van der Waals surface area contributed by atoms with Crippen LogP contribution in [0.3, 0.4) is 0 Å². The van der Waals surface area contributed by atoms with Crippen molar-refractivity contribution in [1.29, 1.82) is 0 Å². The first-order valence-corrected chi connectivity index (χ1v) is 9.58. The van der Waals surface area contributed by atoms with Crippen LogP contribution in [0.25, 0.3) is 0 Å². The van der Waals surface area contributed by atoms with Gasteiger partial charge in [-0.05, 0) is 19.8 Å². The third-order valence-electron chi connectivity index (χ3n) is 4.34. The lowest BCUT2D eigenvalue weighted by atomic mass is 10.1. The van der Waals surface area contributed by atoms with E-state index in [0.29, 0.717) is 25.7 Å². The predicted octanol–water partition coefficient (Wildman–Crippen LogP) is 0.484. The molecule has 1 saturated heterocycles. The minimum absolute atomic E-state index is 0. The summed E-state index contributed by atoms with van der Waals surface area (Å²) in [5.41, 5.74) is 0. The zero-order valence-electron chi connectivity index (χ0n) is 17.4. The Kier molecular flexibility index (Phi) is 13.4. The summed E-state index contributed by atoms with van der Waals surface area (Å²) >= 11 is 0. The van der Waals surface area contributed by atoms with Crippen molar-refractivity contribution in [1.82, 2.24) is 25.8 Å². The first kappa shape index (κ1) is 25.9. The summed E-state index contributed by atoms with van der Waals surface area (Å²) < 4.78 is 0. The second-order valence-electron chi connectivity index (χ2n) is 7.19. The number of halogens is 1. The molecule has 1 aliphatic rings. The number of carbonyl (C=O) groups excluding carboxylic acids is 2. The molecule has 0 atom stereocenters. The zero-order chi connectivity index (χ0) is 19.5. The Labute approximate surface area is 180 Å². The van der Waals surface area contributed by atoms with Gasteiger partial charge in [-0.1, -0.05) is 13.8 Å². The normalized spacial score (nSPS) is 15.9. The summed E-state index contributed by atoms with van der Waals surface area (Å²) in [6, 6.07) is 0.351. The van der Waals surface area contributed by atoms with E-state index in [-0.39, 0.29) is 41.7 Å². The van der Waals surface area contributed by atoms with Crippen molar-refractivity contribution in [2.45, 2.75) is 39.7 Å². The molecule has 0 unspecified atom stereocenters. The van der Waals surface area contributed by atoms with Crippen LogP contribution in [0.5, 0.6) is 0 Å². The van der Waals surface area contributed by atoms with Gasteiger partial charge in [0.1, 0.15) is 0 Å². The quantitative estimate of drug-likeness (QED) is 0.197. The zero-order valence-corrected chi connectivity index (χ0v) is 19.7. The highest BCUT2D eigenvalue weighted by Gasteiger charge is 2.21. The highest BCUT2D eigenvalue weighted by atomic mass is 127. The van der Waals surface area contributed by atoms with Crippen LogP contribution in [0.1, 0.15) is 33.6 Å². The molecule has 0 spiro atoms. The maximum Gasteiger partial charge on any atom is 0.236 e. The van der Waals surface area contributed by atoms with Crippen LogP contribution >= 0.6 is 24.0 Å². The fourth-order valence-electron chi connectivity index (χ4n) is 2.63. The van der Waals surface area contributed by atoms with Gasteiger partial charge in [-0.15, -0.1) is 24.0 Å². The predicted molar refractivity (Wildman–Crippen MR) is 121 cm³/mol. The van der Waals surface area contributed by atoms with E-state index in [1.807, 2.05) is 20.8 Å². The number of aliphatic imine (C=N–C) groups is 1. The number of piperidine rings is 1. The topological polar surface area (TPSA) is 89.1 Å². The Morgan fingerprint density at radius 1 is 1.19 bits per heavy atom. The van der Waals surface area contributed by atoms with Crippen molar-refractivity contribution >= 4 is 41.8 Å². The average Bonchev–Trinajstić information content (AvgIpc) is 2.59. The molecule has 1 aliphatic heterocycles. The highest BCUT2D eigenvalue weighted by molar-refractivity contribution is 14.0. The molecule has 1 fully saturated rings. The molecule has 0 aliphatic carbocycles. The maximum absolute atomic E-state index is 11.8. The van der Waals surface area contributed by atoms with Gasteiger partial charge < -0.3 is 20.9 Å². The van der Waals surface area contributed by atoms with Gasteiger partial charge in [-0.3, -0.25) is 19.5 Å². The largest absolute Gasteiger partial charge is 0.357 e. The number of carbonyl (C=O) groups is 2. The molecule has 0 saturated carbocycles. The van der Waals surface area contributed by atoms with E-state index in [1.165, 1.54) is 0 Å². The minimum atomic E-state index is -0.00472. The SMILES string of the molecule is CCNC(=NCCNC(=O)C(C)C)NC1CCN(CC(=O)N(C)C)CC1.I. The van der Waals surface area contributed by atoms with Crippen molar-refractivity contribution in [3.8, 4) is 0 Å². The molecule has 0 radical (unpaired) electrons. The maximum atomic E-state index is 11.8. The number of hydrogen-bond acceptors (Lipinski definition) is 4. The molecule has 3 N–H and O–H groups in total. The number of nitrogens with one attached hydrogen (secondary N) is 3. The summed E-state index contributed by atoms with van der Waals surface area (Å²) in [4.78, 5) is 31.7. The van der Waals surface area contributed by atoms with Crippen molar-refractivity contribution < 1.29 is 9.59 Å². The van der Waals surface area contributed by atoms with E-state index in [1.54, 1.807) is 19.0 Å².